The lowest BCUT2D eigenvalue weighted by Gasteiger charge is -2.46. The second-order valence-corrected chi connectivity index (χ2v) is 11.7. The number of hydrogen-bond donors (Lipinski definition) is 1. The summed E-state index contributed by atoms with van der Waals surface area (Å²) in [5.74, 6) is -2.32. The smallest absolute Gasteiger partial charge is 0.434 e. The SMILES string of the molecule is CCCCCCOC(=O)Oc1c2n(ccc1=O)N[C@@H]1C(c3cccc4c3Cc3ccc(F)c(F)c3CS4)OCCN1C2=O. The Bertz CT molecular complexity index is 1630. The molecule has 3 aliphatic heterocycles. The molecule has 1 unspecified atom stereocenters. The summed E-state index contributed by atoms with van der Waals surface area (Å²) in [6.07, 6.45) is 3.08. The van der Waals surface area contributed by atoms with Crippen LogP contribution in [0.4, 0.5) is 13.6 Å². The predicted octanol–water partition coefficient (Wildman–Crippen LogP) is 5.52. The average molecular weight is 612 g/mol. The maximum atomic E-state index is 14.7. The van der Waals surface area contributed by atoms with Gasteiger partial charge in [0.2, 0.25) is 11.2 Å². The van der Waals surface area contributed by atoms with Crippen LogP contribution in [0.1, 0.15) is 71.5 Å². The van der Waals surface area contributed by atoms with Gasteiger partial charge in [0.1, 0.15) is 12.3 Å². The third kappa shape index (κ3) is 5.61. The van der Waals surface area contributed by atoms with Crippen LogP contribution in [0, 0.1) is 11.6 Å². The molecular weight excluding hydrogens is 580 g/mol. The van der Waals surface area contributed by atoms with E-state index in [-0.39, 0.29) is 31.2 Å². The highest BCUT2D eigenvalue weighted by atomic mass is 32.2. The number of fused-ring (bicyclic) bond motifs is 4. The normalized spacial score (nSPS) is 18.9. The number of hydrogen-bond acceptors (Lipinski definition) is 8. The van der Waals surface area contributed by atoms with E-state index < -0.39 is 47.1 Å². The summed E-state index contributed by atoms with van der Waals surface area (Å²) in [6.45, 7) is 2.68. The molecule has 1 N–H and O–H groups in total. The van der Waals surface area contributed by atoms with Crippen molar-refractivity contribution in [3.05, 3.63) is 92.4 Å². The van der Waals surface area contributed by atoms with E-state index in [1.807, 2.05) is 18.2 Å². The minimum absolute atomic E-state index is 0.110. The van der Waals surface area contributed by atoms with Gasteiger partial charge in [-0.1, -0.05) is 44.4 Å². The molecule has 3 aromatic rings. The molecule has 0 saturated carbocycles. The number of aromatic nitrogens is 1. The second kappa shape index (κ2) is 12.4. The number of halogens is 2. The van der Waals surface area contributed by atoms with Crippen molar-refractivity contribution in [2.75, 3.05) is 25.2 Å². The van der Waals surface area contributed by atoms with E-state index in [9.17, 15) is 23.2 Å². The molecule has 9 nitrogen and oxygen atoms in total. The van der Waals surface area contributed by atoms with Crippen LogP contribution in [0.25, 0.3) is 0 Å². The minimum atomic E-state index is -1.04. The van der Waals surface area contributed by atoms with Crippen LogP contribution in [0.3, 0.4) is 0 Å². The molecule has 2 aromatic carbocycles. The molecule has 4 heterocycles. The first-order valence-electron chi connectivity index (χ1n) is 14.4. The summed E-state index contributed by atoms with van der Waals surface area (Å²) in [5, 5.41) is 0. The van der Waals surface area contributed by atoms with Crippen LogP contribution in [0.2, 0.25) is 0 Å². The quantitative estimate of drug-likeness (QED) is 0.276. The summed E-state index contributed by atoms with van der Waals surface area (Å²) >= 11 is 1.43. The van der Waals surface area contributed by atoms with Crippen LogP contribution < -0.4 is 15.6 Å². The van der Waals surface area contributed by atoms with Gasteiger partial charge >= 0.3 is 6.16 Å². The molecule has 6 rings (SSSR count). The van der Waals surface area contributed by atoms with Crippen molar-refractivity contribution < 1.29 is 32.6 Å². The first-order chi connectivity index (χ1) is 20.9. The molecule has 0 radical (unpaired) electrons. The van der Waals surface area contributed by atoms with Gasteiger partial charge < -0.3 is 24.5 Å². The number of carbonyl (C=O) groups excluding carboxylic acids is 2. The second-order valence-electron chi connectivity index (χ2n) is 10.6. The molecule has 43 heavy (non-hydrogen) atoms. The summed E-state index contributed by atoms with van der Waals surface area (Å²) in [4.78, 5) is 41.5. The molecule has 1 aromatic heterocycles. The number of ether oxygens (including phenoxy) is 3. The van der Waals surface area contributed by atoms with Crippen molar-refractivity contribution in [1.82, 2.24) is 9.58 Å². The summed E-state index contributed by atoms with van der Waals surface area (Å²) in [6, 6.07) is 9.70. The zero-order valence-corrected chi connectivity index (χ0v) is 24.4. The van der Waals surface area contributed by atoms with E-state index >= 15 is 0 Å². The van der Waals surface area contributed by atoms with Crippen molar-refractivity contribution in [3.8, 4) is 5.75 Å². The molecule has 0 aliphatic carbocycles. The largest absolute Gasteiger partial charge is 0.514 e. The number of benzene rings is 2. The number of thioether (sulfide) groups is 1. The maximum absolute atomic E-state index is 14.7. The number of nitrogens with zero attached hydrogens (tertiary/aromatic N) is 2. The van der Waals surface area contributed by atoms with Gasteiger partial charge in [0.25, 0.3) is 5.91 Å². The van der Waals surface area contributed by atoms with Crippen LogP contribution in [-0.2, 0) is 21.6 Å². The molecule has 1 fully saturated rings. The number of unbranched alkanes of at least 4 members (excludes halogenated alkanes) is 3. The van der Waals surface area contributed by atoms with Gasteiger partial charge in [0, 0.05) is 35.0 Å². The molecule has 226 valence electrons. The van der Waals surface area contributed by atoms with E-state index in [1.165, 1.54) is 28.7 Å². The van der Waals surface area contributed by atoms with Crippen LogP contribution in [-0.4, -0.2) is 47.6 Å². The van der Waals surface area contributed by atoms with Crippen molar-refractivity contribution in [3.63, 3.8) is 0 Å². The van der Waals surface area contributed by atoms with Gasteiger partial charge in [0.05, 0.1) is 13.2 Å². The van der Waals surface area contributed by atoms with E-state index in [1.54, 1.807) is 11.0 Å². The van der Waals surface area contributed by atoms with Crippen molar-refractivity contribution in [1.29, 1.82) is 0 Å². The van der Waals surface area contributed by atoms with Crippen LogP contribution in [0.5, 0.6) is 5.75 Å². The Morgan fingerprint density at radius 1 is 1.12 bits per heavy atom. The molecule has 1 saturated heterocycles. The third-order valence-corrected chi connectivity index (χ3v) is 9.08. The Balaban J connectivity index is 1.29. The van der Waals surface area contributed by atoms with Crippen molar-refractivity contribution >= 4 is 23.8 Å². The van der Waals surface area contributed by atoms with Gasteiger partial charge in [-0.05, 0) is 41.7 Å². The fraction of sp³-hybridized carbons (Fsp3) is 0.387. The van der Waals surface area contributed by atoms with Crippen LogP contribution in [0.15, 0.2) is 52.3 Å². The Labute approximate surface area is 251 Å². The molecule has 1 amide bonds. The number of rotatable bonds is 7. The summed E-state index contributed by atoms with van der Waals surface area (Å²) < 4.78 is 46.7. The Hall–Kier alpha value is -3.90. The summed E-state index contributed by atoms with van der Waals surface area (Å²) in [5.41, 5.74) is 5.28. The zero-order chi connectivity index (χ0) is 30.1. The summed E-state index contributed by atoms with van der Waals surface area (Å²) in [7, 11) is 0. The first kappa shape index (κ1) is 29.2. The molecule has 0 bridgehead atoms. The lowest BCUT2D eigenvalue weighted by Crippen LogP contribution is -2.60. The van der Waals surface area contributed by atoms with Gasteiger partial charge in [-0.3, -0.25) is 14.3 Å². The van der Waals surface area contributed by atoms with E-state index in [2.05, 4.69) is 12.3 Å². The number of morpholine rings is 1. The van der Waals surface area contributed by atoms with Gasteiger partial charge in [-0.25, -0.2) is 13.6 Å². The first-order valence-corrected chi connectivity index (χ1v) is 15.4. The van der Waals surface area contributed by atoms with Gasteiger partial charge in [-0.2, -0.15) is 0 Å². The average Bonchev–Trinajstić information content (AvgIpc) is 3.20. The highest BCUT2D eigenvalue weighted by Crippen LogP contribution is 2.41. The monoisotopic (exact) mass is 611 g/mol. The Morgan fingerprint density at radius 3 is 2.81 bits per heavy atom. The van der Waals surface area contributed by atoms with E-state index in [0.29, 0.717) is 24.0 Å². The molecule has 12 heteroatoms. The van der Waals surface area contributed by atoms with E-state index in [0.717, 1.165) is 41.4 Å². The van der Waals surface area contributed by atoms with Crippen molar-refractivity contribution in [2.45, 2.75) is 61.9 Å². The third-order valence-electron chi connectivity index (χ3n) is 7.95. The van der Waals surface area contributed by atoms with Crippen molar-refractivity contribution in [2.24, 2.45) is 0 Å². The fourth-order valence-electron chi connectivity index (χ4n) is 5.77. The number of pyridine rings is 1. The topological polar surface area (TPSA) is 99.1 Å². The van der Waals surface area contributed by atoms with E-state index in [4.69, 9.17) is 14.2 Å². The zero-order valence-electron chi connectivity index (χ0n) is 23.6. The molecule has 2 atom stereocenters. The number of nitrogens with one attached hydrogen (secondary N) is 1. The number of carbonyl (C=O) groups is 2. The number of amides is 1. The highest BCUT2D eigenvalue weighted by molar-refractivity contribution is 7.98. The molecule has 0 spiro atoms. The fourth-order valence-corrected chi connectivity index (χ4v) is 6.92. The highest BCUT2D eigenvalue weighted by Gasteiger charge is 2.44. The lowest BCUT2D eigenvalue weighted by atomic mass is 9.92. The lowest BCUT2D eigenvalue weighted by molar-refractivity contribution is -0.0604. The molecule has 3 aliphatic rings. The Kier molecular flexibility index (Phi) is 8.40. The Morgan fingerprint density at radius 2 is 1.98 bits per heavy atom. The predicted molar refractivity (Wildman–Crippen MR) is 155 cm³/mol. The van der Waals surface area contributed by atoms with Gasteiger partial charge in [0.15, 0.2) is 17.3 Å². The van der Waals surface area contributed by atoms with Gasteiger partial charge in [-0.15, -0.1) is 11.8 Å². The molecular formula is C31H31F2N3O6S. The maximum Gasteiger partial charge on any atom is 0.514 e. The van der Waals surface area contributed by atoms with Crippen LogP contribution >= 0.6 is 11.8 Å². The minimum Gasteiger partial charge on any atom is -0.434 e. The standard InChI is InChI=1S/C31H31F2N3O6S/c1-2-3-4-5-14-41-31(39)42-28-23(37)11-12-36-26(28)30(38)35-13-15-40-27(29(35)34-36)19-7-6-8-24-20(19)16-18-9-10-22(32)25(33)21(18)17-43-24/h6-12,27,29,34H,2-5,13-17H2,1H3/t27?,29-/m0/s1.